The van der Waals surface area contributed by atoms with Crippen LogP contribution in [-0.4, -0.2) is 71.4 Å². The molecule has 2 aliphatic rings. The predicted molar refractivity (Wildman–Crippen MR) is 129 cm³/mol. The maximum Gasteiger partial charge on any atom is 0.240 e. The van der Waals surface area contributed by atoms with Crippen molar-refractivity contribution in [1.82, 2.24) is 20.1 Å². The fourth-order valence-corrected chi connectivity index (χ4v) is 5.13. The first-order chi connectivity index (χ1) is 15.3. The van der Waals surface area contributed by atoms with E-state index >= 15 is 0 Å². The molecular formula is C24H33N5O2S. The number of carbonyl (C=O) groups excluding carboxylic acids is 2. The number of aryl methyl sites for hydroxylation is 3. The van der Waals surface area contributed by atoms with Gasteiger partial charge in [-0.2, -0.15) is 0 Å². The van der Waals surface area contributed by atoms with Gasteiger partial charge in [-0.05, 0) is 51.7 Å². The van der Waals surface area contributed by atoms with Gasteiger partial charge in [-0.25, -0.2) is 4.98 Å². The molecule has 2 N–H and O–H groups in total. The van der Waals surface area contributed by atoms with Gasteiger partial charge in [-0.15, -0.1) is 11.3 Å². The van der Waals surface area contributed by atoms with Crippen LogP contribution in [0, 0.1) is 20.8 Å². The molecule has 1 atom stereocenters. The molecule has 1 saturated carbocycles. The first kappa shape index (κ1) is 22.9. The number of hydrogen-bond acceptors (Lipinski definition) is 6. The highest BCUT2D eigenvalue weighted by molar-refractivity contribution is 7.14. The molecular weight excluding hydrogens is 422 g/mol. The fraction of sp³-hybridized carbons (Fsp3) is 0.542. The Morgan fingerprint density at radius 1 is 1.12 bits per heavy atom. The van der Waals surface area contributed by atoms with E-state index in [-0.39, 0.29) is 17.9 Å². The standard InChI is InChI=1S/C24H33N5O2S/c1-15-11-16(2)22(17(3)12-15)20-14-32-24(26-20)27-21(30)13-28-7-9-29(10-8-28)18(4)23(31)25-19-5-6-19/h11-12,14,18-19H,5-10,13H2,1-4H3,(H,25,31)(H,26,27,30). The summed E-state index contributed by atoms with van der Waals surface area (Å²) in [7, 11) is 0. The maximum atomic E-state index is 12.6. The van der Waals surface area contributed by atoms with Crippen molar-refractivity contribution >= 4 is 28.3 Å². The van der Waals surface area contributed by atoms with Crippen molar-refractivity contribution in [1.29, 1.82) is 0 Å². The summed E-state index contributed by atoms with van der Waals surface area (Å²) in [6.07, 6.45) is 2.21. The van der Waals surface area contributed by atoms with Gasteiger partial charge >= 0.3 is 0 Å². The molecule has 0 radical (unpaired) electrons. The lowest BCUT2D eigenvalue weighted by Gasteiger charge is -2.37. The van der Waals surface area contributed by atoms with Crippen molar-refractivity contribution in [2.24, 2.45) is 0 Å². The Labute approximate surface area is 194 Å². The summed E-state index contributed by atoms with van der Waals surface area (Å²) in [6, 6.07) is 4.60. The van der Waals surface area contributed by atoms with E-state index in [1.807, 2.05) is 12.3 Å². The summed E-state index contributed by atoms with van der Waals surface area (Å²) < 4.78 is 0. The number of aromatic nitrogens is 1. The van der Waals surface area contributed by atoms with Crippen LogP contribution in [0.2, 0.25) is 0 Å². The van der Waals surface area contributed by atoms with Crippen LogP contribution in [0.4, 0.5) is 5.13 Å². The summed E-state index contributed by atoms with van der Waals surface area (Å²) >= 11 is 1.46. The highest BCUT2D eigenvalue weighted by Gasteiger charge is 2.30. The van der Waals surface area contributed by atoms with Crippen molar-refractivity contribution in [2.75, 3.05) is 38.0 Å². The predicted octanol–water partition coefficient (Wildman–Crippen LogP) is 2.96. The Bertz CT molecular complexity index is 969. The summed E-state index contributed by atoms with van der Waals surface area (Å²) in [5.41, 5.74) is 5.69. The third-order valence-electron chi connectivity index (χ3n) is 6.31. The fourth-order valence-electron chi connectivity index (χ4n) is 4.42. The van der Waals surface area contributed by atoms with Crippen LogP contribution < -0.4 is 10.6 Å². The van der Waals surface area contributed by atoms with Gasteiger partial charge in [0.15, 0.2) is 5.13 Å². The number of amides is 2. The highest BCUT2D eigenvalue weighted by atomic mass is 32.1. The lowest BCUT2D eigenvalue weighted by molar-refractivity contribution is -0.127. The Kier molecular flexibility index (Phi) is 6.93. The van der Waals surface area contributed by atoms with E-state index in [2.05, 4.69) is 58.3 Å². The molecule has 1 aromatic heterocycles. The molecule has 2 heterocycles. The SMILES string of the molecule is Cc1cc(C)c(-c2csc(NC(=O)CN3CCN(C(C)C(=O)NC4CC4)CC3)n2)c(C)c1. The van der Waals surface area contributed by atoms with Crippen molar-refractivity contribution in [2.45, 2.75) is 52.6 Å². The van der Waals surface area contributed by atoms with Crippen LogP contribution in [0.3, 0.4) is 0 Å². The lowest BCUT2D eigenvalue weighted by Crippen LogP contribution is -2.55. The van der Waals surface area contributed by atoms with Crippen LogP contribution in [0.1, 0.15) is 36.5 Å². The largest absolute Gasteiger partial charge is 0.352 e. The lowest BCUT2D eigenvalue weighted by atomic mass is 9.98. The number of carbonyl (C=O) groups is 2. The van der Waals surface area contributed by atoms with Crippen LogP contribution in [0.15, 0.2) is 17.5 Å². The van der Waals surface area contributed by atoms with Crippen molar-refractivity contribution < 1.29 is 9.59 Å². The number of rotatable bonds is 7. The molecule has 2 fully saturated rings. The second kappa shape index (κ2) is 9.68. The first-order valence-corrected chi connectivity index (χ1v) is 12.3. The van der Waals surface area contributed by atoms with Crippen LogP contribution in [-0.2, 0) is 9.59 Å². The molecule has 172 valence electrons. The van der Waals surface area contributed by atoms with Gasteiger partial charge in [-0.3, -0.25) is 19.4 Å². The van der Waals surface area contributed by atoms with Crippen molar-refractivity contribution in [3.05, 3.63) is 34.2 Å². The quantitative estimate of drug-likeness (QED) is 0.671. The smallest absolute Gasteiger partial charge is 0.240 e. The molecule has 1 aliphatic carbocycles. The van der Waals surface area contributed by atoms with E-state index in [1.54, 1.807) is 0 Å². The molecule has 1 saturated heterocycles. The molecule has 2 amide bonds. The van der Waals surface area contributed by atoms with Crippen LogP contribution in [0.5, 0.6) is 0 Å². The van der Waals surface area contributed by atoms with Gasteiger partial charge in [0, 0.05) is 43.2 Å². The van der Waals surface area contributed by atoms with Gasteiger partial charge in [0.25, 0.3) is 0 Å². The van der Waals surface area contributed by atoms with Gasteiger partial charge in [0.2, 0.25) is 11.8 Å². The topological polar surface area (TPSA) is 77.6 Å². The summed E-state index contributed by atoms with van der Waals surface area (Å²) in [5.74, 6) is 0.0774. The number of anilines is 1. The van der Waals surface area contributed by atoms with E-state index in [9.17, 15) is 9.59 Å². The van der Waals surface area contributed by atoms with Gasteiger partial charge in [-0.1, -0.05) is 17.7 Å². The molecule has 0 spiro atoms. The van der Waals surface area contributed by atoms with E-state index in [0.717, 1.165) is 50.3 Å². The van der Waals surface area contributed by atoms with Crippen LogP contribution in [0.25, 0.3) is 11.3 Å². The first-order valence-electron chi connectivity index (χ1n) is 11.4. The summed E-state index contributed by atoms with van der Waals surface area (Å²) in [5, 5.41) is 8.68. The van der Waals surface area contributed by atoms with E-state index < -0.39 is 0 Å². The molecule has 1 aromatic carbocycles. The Morgan fingerprint density at radius 3 is 2.41 bits per heavy atom. The number of piperazine rings is 1. The normalized spacial score (nSPS) is 18.4. The summed E-state index contributed by atoms with van der Waals surface area (Å²) in [6.45, 7) is 11.7. The number of thiazole rings is 1. The minimum absolute atomic E-state index is 0.0452. The van der Waals surface area contributed by atoms with Gasteiger partial charge in [0.05, 0.1) is 18.3 Å². The zero-order chi connectivity index (χ0) is 22.8. The molecule has 1 aliphatic heterocycles. The van der Waals surface area contributed by atoms with Gasteiger partial charge in [0.1, 0.15) is 0 Å². The number of nitrogens with zero attached hydrogens (tertiary/aromatic N) is 3. The molecule has 7 nitrogen and oxygen atoms in total. The third kappa shape index (κ3) is 5.54. The Hall–Kier alpha value is -2.29. The van der Waals surface area contributed by atoms with E-state index in [0.29, 0.717) is 17.7 Å². The molecule has 0 bridgehead atoms. The Morgan fingerprint density at radius 2 is 1.78 bits per heavy atom. The second-order valence-corrected chi connectivity index (χ2v) is 9.99. The molecule has 4 rings (SSSR count). The number of hydrogen-bond donors (Lipinski definition) is 2. The average molecular weight is 456 g/mol. The number of benzene rings is 1. The zero-order valence-electron chi connectivity index (χ0n) is 19.4. The molecule has 8 heteroatoms. The van der Waals surface area contributed by atoms with Gasteiger partial charge < -0.3 is 10.6 Å². The summed E-state index contributed by atoms with van der Waals surface area (Å²) in [4.78, 5) is 33.9. The third-order valence-corrected chi connectivity index (χ3v) is 7.07. The van der Waals surface area contributed by atoms with E-state index in [4.69, 9.17) is 0 Å². The minimum atomic E-state index is -0.117. The monoisotopic (exact) mass is 455 g/mol. The second-order valence-electron chi connectivity index (χ2n) is 9.13. The number of nitrogens with one attached hydrogen (secondary N) is 2. The molecule has 2 aromatic rings. The zero-order valence-corrected chi connectivity index (χ0v) is 20.2. The van der Waals surface area contributed by atoms with E-state index in [1.165, 1.54) is 28.0 Å². The molecule has 32 heavy (non-hydrogen) atoms. The average Bonchev–Trinajstić information content (AvgIpc) is 3.44. The van der Waals surface area contributed by atoms with Crippen LogP contribution >= 0.6 is 11.3 Å². The highest BCUT2D eigenvalue weighted by Crippen LogP contribution is 2.31. The Balaban J connectivity index is 1.27. The van der Waals surface area contributed by atoms with Crippen molar-refractivity contribution in [3.8, 4) is 11.3 Å². The minimum Gasteiger partial charge on any atom is -0.352 e. The maximum absolute atomic E-state index is 12.6. The molecule has 1 unspecified atom stereocenters. The van der Waals surface area contributed by atoms with Crippen molar-refractivity contribution in [3.63, 3.8) is 0 Å².